The zero-order valence-electron chi connectivity index (χ0n) is 16.5. The third-order valence-corrected chi connectivity index (χ3v) is 5.58. The Balaban J connectivity index is 1.67. The van der Waals surface area contributed by atoms with Crippen LogP contribution in [0.3, 0.4) is 0 Å². The van der Waals surface area contributed by atoms with Crippen molar-refractivity contribution in [2.24, 2.45) is 5.92 Å². The molecule has 2 amide bonds. The Kier molecular flexibility index (Phi) is 6.32. The second kappa shape index (κ2) is 8.90. The number of likely N-dealkylation sites (tertiary alicyclic amines) is 1. The lowest BCUT2D eigenvalue weighted by atomic mass is 9.95. The molecule has 2 N–H and O–H groups in total. The van der Waals surface area contributed by atoms with Gasteiger partial charge in [-0.1, -0.05) is 48.5 Å². The van der Waals surface area contributed by atoms with Gasteiger partial charge < -0.3 is 15.3 Å². The van der Waals surface area contributed by atoms with Gasteiger partial charge >= 0.3 is 5.97 Å². The molecule has 6 nitrogen and oxygen atoms in total. The van der Waals surface area contributed by atoms with Crippen LogP contribution in [0.25, 0.3) is 0 Å². The summed E-state index contributed by atoms with van der Waals surface area (Å²) in [6.07, 6.45) is 1.61. The fourth-order valence-electron chi connectivity index (χ4n) is 3.81. The van der Waals surface area contributed by atoms with Crippen LogP contribution in [-0.2, 0) is 16.0 Å². The Labute approximate surface area is 170 Å². The molecule has 0 saturated carbocycles. The van der Waals surface area contributed by atoms with Crippen molar-refractivity contribution in [3.05, 3.63) is 71.8 Å². The normalized spacial score (nSPS) is 19.6. The zero-order valence-corrected chi connectivity index (χ0v) is 16.5. The van der Waals surface area contributed by atoms with E-state index in [0.717, 1.165) is 12.0 Å². The quantitative estimate of drug-likeness (QED) is 0.756. The van der Waals surface area contributed by atoms with Gasteiger partial charge in [-0.15, -0.1) is 0 Å². The van der Waals surface area contributed by atoms with Gasteiger partial charge in [0.15, 0.2) is 0 Å². The van der Waals surface area contributed by atoms with Crippen LogP contribution in [0.4, 0.5) is 0 Å². The van der Waals surface area contributed by atoms with Gasteiger partial charge in [0.05, 0.1) is 5.92 Å². The first-order valence-electron chi connectivity index (χ1n) is 9.84. The van der Waals surface area contributed by atoms with Crippen LogP contribution in [0.1, 0.15) is 35.7 Å². The van der Waals surface area contributed by atoms with Crippen molar-refractivity contribution in [1.82, 2.24) is 10.2 Å². The van der Waals surface area contributed by atoms with Crippen LogP contribution in [-0.4, -0.2) is 46.4 Å². The number of carboxylic acid groups (broad SMARTS) is 1. The molecular formula is C23H26N2O4. The number of carboxylic acids is 1. The fraction of sp³-hybridized carbons (Fsp3) is 0.348. The van der Waals surface area contributed by atoms with E-state index in [9.17, 15) is 19.5 Å². The van der Waals surface area contributed by atoms with E-state index in [2.05, 4.69) is 5.32 Å². The summed E-state index contributed by atoms with van der Waals surface area (Å²) in [5, 5.41) is 12.3. The number of amides is 2. The van der Waals surface area contributed by atoms with Gasteiger partial charge in [-0.2, -0.15) is 0 Å². The van der Waals surface area contributed by atoms with Crippen molar-refractivity contribution in [2.75, 3.05) is 13.1 Å². The topological polar surface area (TPSA) is 86.7 Å². The Morgan fingerprint density at radius 1 is 1.07 bits per heavy atom. The number of carbonyl (C=O) groups is 3. The molecule has 1 aliphatic heterocycles. The smallest absolute Gasteiger partial charge is 0.308 e. The number of nitrogens with zero attached hydrogens (tertiary/aromatic N) is 1. The third kappa shape index (κ3) is 4.65. The largest absolute Gasteiger partial charge is 0.481 e. The summed E-state index contributed by atoms with van der Waals surface area (Å²) in [6.45, 7) is 2.28. The van der Waals surface area contributed by atoms with Gasteiger partial charge in [-0.3, -0.25) is 14.4 Å². The summed E-state index contributed by atoms with van der Waals surface area (Å²) in [5.74, 6) is -2.18. The highest BCUT2D eigenvalue weighted by atomic mass is 16.4. The maximum absolute atomic E-state index is 13.0. The number of benzene rings is 2. The molecule has 2 unspecified atom stereocenters. The second-order valence-corrected chi connectivity index (χ2v) is 7.64. The van der Waals surface area contributed by atoms with Gasteiger partial charge in [0.2, 0.25) is 5.91 Å². The fourth-order valence-corrected chi connectivity index (χ4v) is 3.81. The average Bonchev–Trinajstić information content (AvgIpc) is 3.14. The lowest BCUT2D eigenvalue weighted by Gasteiger charge is -2.34. The van der Waals surface area contributed by atoms with Crippen LogP contribution in [0.5, 0.6) is 0 Å². The molecule has 1 aliphatic rings. The summed E-state index contributed by atoms with van der Waals surface area (Å²) >= 11 is 0. The summed E-state index contributed by atoms with van der Waals surface area (Å²) < 4.78 is 0. The van der Waals surface area contributed by atoms with E-state index < -0.39 is 17.4 Å². The molecule has 29 heavy (non-hydrogen) atoms. The lowest BCUT2D eigenvalue weighted by molar-refractivity contribution is -0.142. The second-order valence-electron chi connectivity index (χ2n) is 7.64. The third-order valence-electron chi connectivity index (χ3n) is 5.58. The van der Waals surface area contributed by atoms with Gasteiger partial charge in [0.25, 0.3) is 5.91 Å². The standard InChI is InChI=1S/C23H26N2O4/c1-23(13-8-14-25(23)20(26)18-11-6-3-7-12-18)22(29)24-16-19(21(27)28)15-17-9-4-2-5-10-17/h2-7,9-12,19H,8,13-16H2,1H3,(H,24,29)(H,27,28). The molecule has 2 aromatic carbocycles. The van der Waals surface area contributed by atoms with Crippen LogP contribution in [0, 0.1) is 5.92 Å². The number of aliphatic carboxylic acids is 1. The first-order valence-corrected chi connectivity index (χ1v) is 9.84. The van der Waals surface area contributed by atoms with Gasteiger partial charge in [0.1, 0.15) is 5.54 Å². The number of carbonyl (C=O) groups excluding carboxylic acids is 2. The van der Waals surface area contributed by atoms with E-state index in [4.69, 9.17) is 0 Å². The highest BCUT2D eigenvalue weighted by molar-refractivity contribution is 5.99. The average molecular weight is 394 g/mol. The van der Waals surface area contributed by atoms with Crippen LogP contribution in [0.15, 0.2) is 60.7 Å². The summed E-state index contributed by atoms with van der Waals surface area (Å²) in [4.78, 5) is 39.2. The lowest BCUT2D eigenvalue weighted by Crippen LogP contribution is -2.56. The summed E-state index contributed by atoms with van der Waals surface area (Å²) in [5.41, 5.74) is 0.464. The van der Waals surface area contributed by atoms with E-state index in [0.29, 0.717) is 24.9 Å². The van der Waals surface area contributed by atoms with Crippen LogP contribution < -0.4 is 5.32 Å². The van der Waals surface area contributed by atoms with Crippen molar-refractivity contribution in [2.45, 2.75) is 31.7 Å². The SMILES string of the molecule is CC1(C(=O)NCC(Cc2ccccc2)C(=O)O)CCCN1C(=O)c1ccccc1. The first kappa shape index (κ1) is 20.6. The molecule has 0 spiro atoms. The Morgan fingerprint density at radius 2 is 1.69 bits per heavy atom. The minimum Gasteiger partial charge on any atom is -0.481 e. The van der Waals surface area contributed by atoms with Crippen molar-refractivity contribution < 1.29 is 19.5 Å². The van der Waals surface area contributed by atoms with Gasteiger partial charge in [-0.05, 0) is 43.9 Å². The molecule has 2 aromatic rings. The van der Waals surface area contributed by atoms with Crippen molar-refractivity contribution in [1.29, 1.82) is 0 Å². The molecule has 0 radical (unpaired) electrons. The highest BCUT2D eigenvalue weighted by Crippen LogP contribution is 2.31. The van der Waals surface area contributed by atoms with E-state index in [1.807, 2.05) is 36.4 Å². The number of hydrogen-bond acceptors (Lipinski definition) is 3. The van der Waals surface area contributed by atoms with Gasteiger partial charge in [-0.25, -0.2) is 0 Å². The first-order chi connectivity index (χ1) is 13.9. The van der Waals surface area contributed by atoms with Crippen molar-refractivity contribution in [3.63, 3.8) is 0 Å². The van der Waals surface area contributed by atoms with E-state index in [1.54, 1.807) is 36.1 Å². The Bertz CT molecular complexity index is 869. The summed E-state index contributed by atoms with van der Waals surface area (Å²) in [6, 6.07) is 18.2. The molecule has 1 saturated heterocycles. The van der Waals surface area contributed by atoms with E-state index in [1.165, 1.54) is 0 Å². The summed E-state index contributed by atoms with van der Waals surface area (Å²) in [7, 11) is 0. The van der Waals surface area contributed by atoms with E-state index in [-0.39, 0.29) is 18.4 Å². The minimum absolute atomic E-state index is 0.0199. The van der Waals surface area contributed by atoms with Crippen LogP contribution >= 0.6 is 0 Å². The predicted octanol–water partition coefficient (Wildman–Crippen LogP) is 2.74. The zero-order chi connectivity index (χ0) is 20.9. The minimum atomic E-state index is -0.983. The van der Waals surface area contributed by atoms with Crippen molar-refractivity contribution >= 4 is 17.8 Å². The molecule has 1 heterocycles. The monoisotopic (exact) mass is 394 g/mol. The van der Waals surface area contributed by atoms with Crippen LogP contribution in [0.2, 0.25) is 0 Å². The number of nitrogens with one attached hydrogen (secondary N) is 1. The highest BCUT2D eigenvalue weighted by Gasteiger charge is 2.46. The Hall–Kier alpha value is -3.15. The van der Waals surface area contributed by atoms with E-state index >= 15 is 0 Å². The van der Waals surface area contributed by atoms with Gasteiger partial charge in [0, 0.05) is 18.7 Å². The molecule has 152 valence electrons. The molecule has 1 fully saturated rings. The molecule has 0 aromatic heterocycles. The number of hydrogen-bond donors (Lipinski definition) is 2. The number of rotatable bonds is 7. The van der Waals surface area contributed by atoms with Crippen molar-refractivity contribution in [3.8, 4) is 0 Å². The Morgan fingerprint density at radius 3 is 2.31 bits per heavy atom. The maximum atomic E-state index is 13.0. The molecule has 3 rings (SSSR count). The maximum Gasteiger partial charge on any atom is 0.308 e. The molecule has 0 bridgehead atoms. The predicted molar refractivity (Wildman–Crippen MR) is 109 cm³/mol. The molecular weight excluding hydrogens is 368 g/mol. The molecule has 6 heteroatoms. The molecule has 2 atom stereocenters. The molecule has 0 aliphatic carbocycles.